The summed E-state index contributed by atoms with van der Waals surface area (Å²) in [6.45, 7) is 6.71. The molecule has 1 aliphatic rings. The summed E-state index contributed by atoms with van der Waals surface area (Å²) in [5.74, 6) is 0.130. The van der Waals surface area contributed by atoms with Crippen LogP contribution in [0.3, 0.4) is 0 Å². The number of morpholine rings is 1. The number of ether oxygens (including phenoxy) is 1. The van der Waals surface area contributed by atoms with Gasteiger partial charge in [0.2, 0.25) is 5.91 Å². The van der Waals surface area contributed by atoms with Crippen LogP contribution in [0.2, 0.25) is 0 Å². The normalized spacial score (nSPS) is 26.5. The summed E-state index contributed by atoms with van der Waals surface area (Å²) in [6.07, 6.45) is 0.860. The molecule has 0 bridgehead atoms. The van der Waals surface area contributed by atoms with E-state index in [1.54, 1.807) is 4.90 Å². The fourth-order valence-electron chi connectivity index (χ4n) is 1.82. The average molecular weight is 213 g/mol. The largest absolute Gasteiger partial charge is 0.372 e. The lowest BCUT2D eigenvalue weighted by Crippen LogP contribution is -2.48. The van der Waals surface area contributed by atoms with Gasteiger partial charge in [-0.05, 0) is 20.8 Å². The minimum Gasteiger partial charge on any atom is -0.372 e. The van der Waals surface area contributed by atoms with Crippen LogP contribution >= 0.6 is 0 Å². The zero-order chi connectivity index (χ0) is 11.4. The fraction of sp³-hybridized carbons (Fsp3) is 0.818. The highest BCUT2D eigenvalue weighted by Crippen LogP contribution is 2.12. The molecule has 0 aromatic carbocycles. The molecular formula is C11H19NO3. The Kier molecular flexibility index (Phi) is 4.27. The number of carbonyl (C=O) groups excluding carboxylic acids is 2. The molecule has 0 spiro atoms. The number of ketones is 1. The molecule has 0 saturated carbocycles. The number of hydrogen-bond acceptors (Lipinski definition) is 3. The first-order valence-electron chi connectivity index (χ1n) is 5.41. The van der Waals surface area contributed by atoms with Crippen molar-refractivity contribution in [3.63, 3.8) is 0 Å². The van der Waals surface area contributed by atoms with Gasteiger partial charge in [0.15, 0.2) is 0 Å². The minimum atomic E-state index is 0.0622. The van der Waals surface area contributed by atoms with E-state index in [0.29, 0.717) is 25.9 Å². The lowest BCUT2D eigenvalue weighted by Gasteiger charge is -2.35. The maximum atomic E-state index is 11.7. The average Bonchev–Trinajstić information content (AvgIpc) is 2.12. The Hall–Kier alpha value is -0.900. The molecule has 86 valence electrons. The summed E-state index contributed by atoms with van der Waals surface area (Å²) in [7, 11) is 0. The molecular weight excluding hydrogens is 194 g/mol. The van der Waals surface area contributed by atoms with Crippen LogP contribution in [-0.4, -0.2) is 41.9 Å². The van der Waals surface area contributed by atoms with Gasteiger partial charge >= 0.3 is 0 Å². The molecule has 1 fully saturated rings. The maximum Gasteiger partial charge on any atom is 0.223 e. The molecule has 4 heteroatoms. The van der Waals surface area contributed by atoms with Crippen molar-refractivity contribution in [3.8, 4) is 0 Å². The van der Waals surface area contributed by atoms with Gasteiger partial charge in [0.25, 0.3) is 0 Å². The van der Waals surface area contributed by atoms with E-state index in [4.69, 9.17) is 4.74 Å². The van der Waals surface area contributed by atoms with Gasteiger partial charge in [0, 0.05) is 25.9 Å². The molecule has 1 amide bonds. The molecule has 1 saturated heterocycles. The molecule has 1 heterocycles. The molecule has 0 unspecified atom stereocenters. The molecule has 0 N–H and O–H groups in total. The van der Waals surface area contributed by atoms with E-state index in [0.717, 1.165) is 0 Å². The molecule has 4 nitrogen and oxygen atoms in total. The van der Waals surface area contributed by atoms with E-state index < -0.39 is 0 Å². The van der Waals surface area contributed by atoms with Crippen LogP contribution in [0.1, 0.15) is 33.6 Å². The van der Waals surface area contributed by atoms with Crippen LogP contribution in [0.5, 0.6) is 0 Å². The van der Waals surface area contributed by atoms with Crippen molar-refractivity contribution in [1.82, 2.24) is 4.90 Å². The Morgan fingerprint density at radius 3 is 2.20 bits per heavy atom. The highest BCUT2D eigenvalue weighted by atomic mass is 16.5. The van der Waals surface area contributed by atoms with Crippen molar-refractivity contribution in [2.24, 2.45) is 0 Å². The number of hydrogen-bond donors (Lipinski definition) is 0. The topological polar surface area (TPSA) is 46.6 Å². The van der Waals surface area contributed by atoms with Gasteiger partial charge in [-0.25, -0.2) is 0 Å². The monoisotopic (exact) mass is 213 g/mol. The van der Waals surface area contributed by atoms with Crippen molar-refractivity contribution in [2.45, 2.75) is 45.8 Å². The van der Waals surface area contributed by atoms with Gasteiger partial charge in [-0.1, -0.05) is 0 Å². The lowest BCUT2D eigenvalue weighted by atomic mass is 10.2. The van der Waals surface area contributed by atoms with Gasteiger partial charge in [0.1, 0.15) is 5.78 Å². The third-order valence-corrected chi connectivity index (χ3v) is 2.46. The predicted octanol–water partition coefficient (Wildman–Crippen LogP) is 0.991. The van der Waals surface area contributed by atoms with Gasteiger partial charge in [-0.3, -0.25) is 4.79 Å². The van der Waals surface area contributed by atoms with Crippen molar-refractivity contribution >= 4 is 11.7 Å². The molecule has 0 aliphatic carbocycles. The van der Waals surface area contributed by atoms with Gasteiger partial charge in [0.05, 0.1) is 12.2 Å². The summed E-state index contributed by atoms with van der Waals surface area (Å²) in [5.41, 5.74) is 0. The zero-order valence-corrected chi connectivity index (χ0v) is 9.66. The Morgan fingerprint density at radius 1 is 1.20 bits per heavy atom. The summed E-state index contributed by atoms with van der Waals surface area (Å²) in [4.78, 5) is 24.3. The van der Waals surface area contributed by atoms with Crippen molar-refractivity contribution in [2.75, 3.05) is 13.1 Å². The Morgan fingerprint density at radius 2 is 1.73 bits per heavy atom. The fourth-order valence-corrected chi connectivity index (χ4v) is 1.82. The minimum absolute atomic E-state index is 0.0622. The number of Topliss-reactive ketones (excluding diaryl/α,β-unsaturated/α-hetero) is 1. The van der Waals surface area contributed by atoms with Gasteiger partial charge in [-0.15, -0.1) is 0 Å². The van der Waals surface area contributed by atoms with Crippen LogP contribution in [0.15, 0.2) is 0 Å². The first-order chi connectivity index (χ1) is 6.99. The van der Waals surface area contributed by atoms with Crippen LogP contribution in [0.25, 0.3) is 0 Å². The highest BCUT2D eigenvalue weighted by molar-refractivity contribution is 5.83. The lowest BCUT2D eigenvalue weighted by molar-refractivity contribution is -0.144. The first kappa shape index (κ1) is 12.2. The summed E-state index contributed by atoms with van der Waals surface area (Å²) in [5, 5.41) is 0. The van der Waals surface area contributed by atoms with Crippen molar-refractivity contribution < 1.29 is 14.3 Å². The van der Waals surface area contributed by atoms with Crippen molar-refractivity contribution in [1.29, 1.82) is 0 Å². The van der Waals surface area contributed by atoms with Crippen LogP contribution in [0.4, 0.5) is 0 Å². The van der Waals surface area contributed by atoms with Crippen LogP contribution in [-0.2, 0) is 14.3 Å². The SMILES string of the molecule is CC(=O)CCC(=O)N1C[C@@H](C)O[C@@H](C)C1. The smallest absolute Gasteiger partial charge is 0.223 e. The molecule has 2 atom stereocenters. The third-order valence-electron chi connectivity index (χ3n) is 2.46. The maximum absolute atomic E-state index is 11.7. The first-order valence-corrected chi connectivity index (χ1v) is 5.41. The Balaban J connectivity index is 2.41. The molecule has 0 aromatic heterocycles. The summed E-state index contributed by atoms with van der Waals surface area (Å²) < 4.78 is 5.53. The second-order valence-corrected chi connectivity index (χ2v) is 4.26. The van der Waals surface area contributed by atoms with E-state index in [2.05, 4.69) is 0 Å². The Labute approximate surface area is 90.6 Å². The summed E-state index contributed by atoms with van der Waals surface area (Å²) >= 11 is 0. The van der Waals surface area contributed by atoms with Gasteiger partial charge in [-0.2, -0.15) is 0 Å². The molecule has 15 heavy (non-hydrogen) atoms. The number of amides is 1. The van der Waals surface area contributed by atoms with E-state index in [-0.39, 0.29) is 23.9 Å². The van der Waals surface area contributed by atoms with Crippen LogP contribution in [0, 0.1) is 0 Å². The summed E-state index contributed by atoms with van der Waals surface area (Å²) in [6, 6.07) is 0. The van der Waals surface area contributed by atoms with Gasteiger partial charge < -0.3 is 14.4 Å². The molecule has 0 aromatic rings. The highest BCUT2D eigenvalue weighted by Gasteiger charge is 2.25. The van der Waals surface area contributed by atoms with Crippen molar-refractivity contribution in [3.05, 3.63) is 0 Å². The molecule has 1 rings (SSSR count). The third kappa shape index (κ3) is 4.00. The van der Waals surface area contributed by atoms with E-state index in [9.17, 15) is 9.59 Å². The second-order valence-electron chi connectivity index (χ2n) is 4.26. The predicted molar refractivity (Wildman–Crippen MR) is 56.5 cm³/mol. The second kappa shape index (κ2) is 5.26. The number of rotatable bonds is 3. The molecule has 1 aliphatic heterocycles. The zero-order valence-electron chi connectivity index (χ0n) is 9.66. The number of nitrogens with zero attached hydrogens (tertiary/aromatic N) is 1. The quantitative estimate of drug-likeness (QED) is 0.702. The Bertz CT molecular complexity index is 242. The standard InChI is InChI=1S/C11H19NO3/c1-8(13)4-5-11(14)12-6-9(2)15-10(3)7-12/h9-10H,4-7H2,1-3H3/t9-,10+. The van der Waals surface area contributed by atoms with Crippen LogP contribution < -0.4 is 0 Å². The molecule has 0 radical (unpaired) electrons. The van der Waals surface area contributed by atoms with E-state index in [1.807, 2.05) is 13.8 Å². The van der Waals surface area contributed by atoms with E-state index in [1.165, 1.54) is 6.92 Å². The van der Waals surface area contributed by atoms with E-state index >= 15 is 0 Å². The number of carbonyl (C=O) groups is 2.